The summed E-state index contributed by atoms with van der Waals surface area (Å²) in [6.45, 7) is 4.41. The van der Waals surface area contributed by atoms with Gasteiger partial charge in [-0.05, 0) is 92.1 Å². The van der Waals surface area contributed by atoms with Gasteiger partial charge in [-0.1, -0.05) is 68.3 Å². The number of alkyl halides is 8. The second-order valence-electron chi connectivity index (χ2n) is 17.3. The van der Waals surface area contributed by atoms with E-state index in [0.717, 1.165) is 39.0 Å². The van der Waals surface area contributed by atoms with Gasteiger partial charge in [0.25, 0.3) is 0 Å². The van der Waals surface area contributed by atoms with E-state index in [2.05, 4.69) is 44.0 Å². The number of halogens is 8. The van der Waals surface area contributed by atoms with E-state index in [1.165, 1.54) is 46.2 Å². The van der Waals surface area contributed by atoms with Crippen molar-refractivity contribution in [3.63, 3.8) is 0 Å². The summed E-state index contributed by atoms with van der Waals surface area (Å²) >= 11 is 6.79. The number of allylic oxidation sites excluding steroid dienone is 2. The third-order valence-electron chi connectivity index (χ3n) is 12.7. The Hall–Kier alpha value is -7.14. The zero-order valence-corrected chi connectivity index (χ0v) is 43.6. The fraction of sp³-hybridized carbons (Fsp3) is 0.321. The predicted molar refractivity (Wildman–Crippen MR) is 271 cm³/mol. The molecule has 0 saturated carbocycles. The van der Waals surface area contributed by atoms with Crippen molar-refractivity contribution in [2.24, 2.45) is 0 Å². The summed E-state index contributed by atoms with van der Waals surface area (Å²) in [6, 6.07) is 21.7. The monoisotopic (exact) mass is 1170 g/mol. The molecule has 4 aromatic rings. The Balaban J connectivity index is 1.13. The molecule has 14 nitrogen and oxygen atoms in total. The van der Waals surface area contributed by atoms with Crippen molar-refractivity contribution in [1.82, 2.24) is 14.7 Å². The van der Waals surface area contributed by atoms with Gasteiger partial charge < -0.3 is 24.2 Å². The van der Waals surface area contributed by atoms with E-state index in [9.17, 15) is 56.0 Å². The number of quaternary nitrogens is 1. The zero-order chi connectivity index (χ0) is 54.2. The topological polar surface area (TPSA) is 155 Å². The Kier molecular flexibility index (Phi) is 17.8. The molecule has 75 heavy (non-hydrogen) atoms. The number of anilines is 2. The number of carbonyl (C=O) groups is 4. The van der Waals surface area contributed by atoms with Crippen LogP contribution in [0.5, 0.6) is 0 Å². The standard InChI is InChI=1S/C53H48Br2F6N8O6/c1-3-74-48(70)44-42(29-54)68(40-11-5-9-38(27-40)52(56,57)58)50(72)66(46(44)36-17-13-34(31-62)14-18-36)23-7-21-64-25-26-65(33-64)22-8-24-67-47(37-19-15-35(32-63)16-20-37)45(49(71)75-4-2)43(30-55)69(51(67)73)41-12-6-10-39(28-41)53(59,60)61/h5-6,9-20,25-28,46-47H,3-4,7-8,21-24,29-30,33H2,1-2H3/p+1/t46-,47-/m1/s1. The number of hydrogen-bond acceptors (Lipinski definition) is 9. The summed E-state index contributed by atoms with van der Waals surface area (Å²) in [5.74, 6) is -1.57. The van der Waals surface area contributed by atoms with Crippen LogP contribution >= 0.6 is 31.9 Å². The number of esters is 2. The maximum atomic E-state index is 14.8. The Morgan fingerprint density at radius 3 is 1.47 bits per heavy atom. The first-order valence-corrected chi connectivity index (χ1v) is 25.9. The number of nitrogens with one attached hydrogen (secondary N) is 1. The highest BCUT2D eigenvalue weighted by atomic mass is 79.9. The van der Waals surface area contributed by atoms with Gasteiger partial charge in [-0.2, -0.15) is 36.9 Å². The molecule has 3 atom stereocenters. The maximum absolute atomic E-state index is 14.8. The normalized spacial score (nSPS) is 18.2. The van der Waals surface area contributed by atoms with Gasteiger partial charge in [-0.15, -0.1) is 0 Å². The van der Waals surface area contributed by atoms with Gasteiger partial charge in [0.15, 0.2) is 6.67 Å². The van der Waals surface area contributed by atoms with E-state index >= 15 is 0 Å². The number of amides is 4. The van der Waals surface area contributed by atoms with Crippen LogP contribution in [0.25, 0.3) is 0 Å². The lowest BCUT2D eigenvalue weighted by atomic mass is 9.92. The first kappa shape index (κ1) is 55.6. The molecule has 1 N–H and O–H groups in total. The van der Waals surface area contributed by atoms with Crippen molar-refractivity contribution in [2.75, 3.05) is 66.5 Å². The van der Waals surface area contributed by atoms with Crippen molar-refractivity contribution in [3.8, 4) is 12.1 Å². The Bertz CT molecular complexity index is 2780. The van der Waals surface area contributed by atoms with Crippen LogP contribution in [0.15, 0.2) is 132 Å². The number of benzene rings is 4. The van der Waals surface area contributed by atoms with Gasteiger partial charge in [-0.3, -0.25) is 14.7 Å². The molecule has 0 radical (unpaired) electrons. The summed E-state index contributed by atoms with van der Waals surface area (Å²) in [6.07, 6.45) is -5.06. The minimum Gasteiger partial charge on any atom is -0.463 e. The van der Waals surface area contributed by atoms with Crippen LogP contribution in [0.3, 0.4) is 0 Å². The molecule has 392 valence electrons. The molecule has 0 aliphatic carbocycles. The van der Waals surface area contributed by atoms with Gasteiger partial charge in [0.1, 0.15) is 6.20 Å². The predicted octanol–water partition coefficient (Wildman–Crippen LogP) is 9.97. The second-order valence-corrected chi connectivity index (χ2v) is 18.4. The van der Waals surface area contributed by atoms with Crippen LogP contribution in [0.1, 0.15) is 72.2 Å². The first-order chi connectivity index (χ1) is 35.9. The summed E-state index contributed by atoms with van der Waals surface area (Å²) < 4.78 is 95.3. The number of urea groups is 2. The molecule has 1 unspecified atom stereocenters. The first-order valence-electron chi connectivity index (χ1n) is 23.6. The zero-order valence-electron chi connectivity index (χ0n) is 40.4. The highest BCUT2D eigenvalue weighted by molar-refractivity contribution is 9.09. The van der Waals surface area contributed by atoms with Crippen LogP contribution in [0.2, 0.25) is 0 Å². The second kappa shape index (κ2) is 24.0. The lowest BCUT2D eigenvalue weighted by Gasteiger charge is -2.43. The minimum atomic E-state index is -4.74. The number of ether oxygens (including phenoxy) is 2. The summed E-state index contributed by atoms with van der Waals surface area (Å²) in [5.41, 5.74) is -0.455. The van der Waals surface area contributed by atoms with Gasteiger partial charge in [0.05, 0.1) is 106 Å². The van der Waals surface area contributed by atoms with E-state index in [0.29, 0.717) is 54.9 Å². The summed E-state index contributed by atoms with van der Waals surface area (Å²) in [7, 11) is 0. The van der Waals surface area contributed by atoms with Gasteiger partial charge >= 0.3 is 36.4 Å². The molecule has 3 aliphatic heterocycles. The molecule has 0 fully saturated rings. The van der Waals surface area contributed by atoms with Crippen molar-refractivity contribution in [3.05, 3.63) is 165 Å². The number of hydrogen-bond donors (Lipinski definition) is 1. The third kappa shape index (κ3) is 12.2. The average molecular weight is 1170 g/mol. The van der Waals surface area contributed by atoms with Gasteiger partial charge in [-0.25, -0.2) is 19.2 Å². The molecule has 4 aromatic carbocycles. The summed E-state index contributed by atoms with van der Waals surface area (Å²) in [4.78, 5) is 65.5. The highest BCUT2D eigenvalue weighted by Crippen LogP contribution is 2.44. The Morgan fingerprint density at radius 2 is 1.08 bits per heavy atom. The van der Waals surface area contributed by atoms with Crippen molar-refractivity contribution in [1.29, 1.82) is 10.5 Å². The molecule has 4 amide bonds. The summed E-state index contributed by atoms with van der Waals surface area (Å²) in [5, 5.41) is 18.9. The molecule has 0 saturated heterocycles. The molecule has 0 spiro atoms. The van der Waals surface area contributed by atoms with Crippen molar-refractivity contribution >= 4 is 67.2 Å². The van der Waals surface area contributed by atoms with E-state index in [1.807, 2.05) is 17.3 Å². The molecular formula is C53H49Br2F6N8O6+. The quantitative estimate of drug-likeness (QED) is 0.0583. The molecule has 3 heterocycles. The van der Waals surface area contributed by atoms with Crippen LogP contribution in [0.4, 0.5) is 47.3 Å². The number of carbonyl (C=O) groups excluding carboxylic acids is 4. The maximum Gasteiger partial charge on any atom is 0.416 e. The van der Waals surface area contributed by atoms with Gasteiger partial charge in [0.2, 0.25) is 0 Å². The number of nitrogens with zero attached hydrogens (tertiary/aromatic N) is 7. The van der Waals surface area contributed by atoms with Crippen LogP contribution in [-0.4, -0.2) is 95.4 Å². The van der Waals surface area contributed by atoms with E-state index in [-0.39, 0.29) is 70.9 Å². The van der Waals surface area contributed by atoms with Crippen LogP contribution in [-0.2, 0) is 31.4 Å². The fourth-order valence-corrected chi connectivity index (χ4v) is 10.4. The molecule has 22 heteroatoms. The number of nitriles is 2. The third-order valence-corrected chi connectivity index (χ3v) is 13.8. The molecule has 0 aromatic heterocycles. The Labute approximate surface area is 445 Å². The Morgan fingerprint density at radius 1 is 0.653 bits per heavy atom. The van der Waals surface area contributed by atoms with Gasteiger partial charge in [0, 0.05) is 36.7 Å². The highest BCUT2D eigenvalue weighted by Gasteiger charge is 2.46. The molecule has 3 aliphatic rings. The average Bonchev–Trinajstić information content (AvgIpc) is 3.85. The van der Waals surface area contributed by atoms with Crippen LogP contribution < -0.4 is 14.7 Å². The largest absolute Gasteiger partial charge is 0.463 e. The van der Waals surface area contributed by atoms with Crippen LogP contribution in [0, 0.1) is 22.7 Å². The molecular weight excluding hydrogens is 1120 g/mol. The van der Waals surface area contributed by atoms with E-state index in [4.69, 9.17) is 9.47 Å². The lowest BCUT2D eigenvalue weighted by Crippen LogP contribution is -3.07. The smallest absolute Gasteiger partial charge is 0.416 e. The molecule has 7 rings (SSSR count). The van der Waals surface area contributed by atoms with Crippen molar-refractivity contribution in [2.45, 2.75) is 51.1 Å². The van der Waals surface area contributed by atoms with E-state index < -0.39 is 59.6 Å². The number of rotatable bonds is 18. The van der Waals surface area contributed by atoms with Crippen molar-refractivity contribution < 1.29 is 59.9 Å². The molecule has 0 bridgehead atoms. The van der Waals surface area contributed by atoms with E-state index in [1.54, 1.807) is 50.2 Å². The lowest BCUT2D eigenvalue weighted by molar-refractivity contribution is -0.849. The fourth-order valence-electron chi connectivity index (χ4n) is 9.33. The minimum absolute atomic E-state index is 0.0139. The SMILES string of the molecule is CCOC(=O)C1=C(CBr)N(c2cccc(C(F)(F)F)c2)C(=O)N(CCCN2C=C[NH+](CCCN3C(=O)N(c4cccc(C(F)(F)F)c4)C(CBr)=C(C(=O)OCC)[C@H]3c3ccc(C#N)cc3)C2)[C@@H]1c1ccc(C#N)cc1.